The van der Waals surface area contributed by atoms with Crippen molar-refractivity contribution in [1.29, 1.82) is 0 Å². The summed E-state index contributed by atoms with van der Waals surface area (Å²) in [5, 5.41) is 7.04. The molecule has 2 heterocycles. The Bertz CT molecular complexity index is 432. The highest BCUT2D eigenvalue weighted by Crippen LogP contribution is 2.00. The van der Waals surface area contributed by atoms with Gasteiger partial charge in [-0.15, -0.1) is 0 Å². The Balaban J connectivity index is 1.99. The van der Waals surface area contributed by atoms with Crippen LogP contribution in [0.4, 0.5) is 5.95 Å². The second kappa shape index (κ2) is 4.04. The second-order valence-electron chi connectivity index (χ2n) is 3.24. The van der Waals surface area contributed by atoms with Gasteiger partial charge in [0, 0.05) is 19.4 Å². The fourth-order valence-electron chi connectivity index (χ4n) is 1.12. The summed E-state index contributed by atoms with van der Waals surface area (Å²) in [5.41, 5.74) is 1.04. The molecule has 0 aliphatic heterocycles. The number of hydrogen-bond acceptors (Lipinski definition) is 5. The summed E-state index contributed by atoms with van der Waals surface area (Å²) in [7, 11) is 1.85. The Hall–Kier alpha value is -1.98. The molecule has 6 heteroatoms. The largest absolute Gasteiger partial charge is 0.347 e. The SMILES string of the molecule is Cc1cnc(NCc2ncnn2C)nc1. The third-order valence-electron chi connectivity index (χ3n) is 1.99. The van der Waals surface area contributed by atoms with Crippen LogP contribution < -0.4 is 5.32 Å². The number of hydrogen-bond donors (Lipinski definition) is 1. The number of aryl methyl sites for hydroxylation is 2. The van der Waals surface area contributed by atoms with Gasteiger partial charge in [0.15, 0.2) is 0 Å². The monoisotopic (exact) mass is 204 g/mol. The van der Waals surface area contributed by atoms with E-state index in [1.54, 1.807) is 17.1 Å². The predicted molar refractivity (Wildman–Crippen MR) is 55.1 cm³/mol. The molecule has 0 radical (unpaired) electrons. The van der Waals surface area contributed by atoms with Crippen molar-refractivity contribution in [2.24, 2.45) is 7.05 Å². The summed E-state index contributed by atoms with van der Waals surface area (Å²) in [4.78, 5) is 12.3. The molecule has 0 aromatic carbocycles. The van der Waals surface area contributed by atoms with E-state index in [2.05, 4.69) is 25.4 Å². The highest BCUT2D eigenvalue weighted by atomic mass is 15.3. The van der Waals surface area contributed by atoms with Gasteiger partial charge in [0.1, 0.15) is 12.2 Å². The van der Waals surface area contributed by atoms with Crippen LogP contribution in [0.25, 0.3) is 0 Å². The summed E-state index contributed by atoms with van der Waals surface area (Å²) in [5.74, 6) is 1.45. The highest BCUT2D eigenvalue weighted by molar-refractivity contribution is 5.24. The molecule has 0 unspecified atom stereocenters. The third kappa shape index (κ3) is 2.28. The Labute approximate surface area is 87.4 Å². The van der Waals surface area contributed by atoms with Gasteiger partial charge in [-0.05, 0) is 12.5 Å². The normalized spacial score (nSPS) is 10.3. The molecule has 2 aromatic rings. The van der Waals surface area contributed by atoms with Crippen molar-refractivity contribution >= 4 is 5.95 Å². The van der Waals surface area contributed by atoms with Crippen molar-refractivity contribution in [3.05, 3.63) is 30.1 Å². The first-order chi connectivity index (χ1) is 7.25. The molecule has 2 aromatic heterocycles. The van der Waals surface area contributed by atoms with Gasteiger partial charge in [0.25, 0.3) is 0 Å². The molecule has 1 N–H and O–H groups in total. The minimum Gasteiger partial charge on any atom is -0.347 e. The first-order valence-electron chi connectivity index (χ1n) is 4.61. The Morgan fingerprint density at radius 1 is 1.27 bits per heavy atom. The highest BCUT2D eigenvalue weighted by Gasteiger charge is 2.00. The molecule has 0 aliphatic carbocycles. The molecule has 0 fully saturated rings. The molecule has 0 atom stereocenters. The Morgan fingerprint density at radius 2 is 2.00 bits per heavy atom. The molecule has 0 aliphatic rings. The molecular formula is C9H12N6. The Kier molecular flexibility index (Phi) is 2.57. The molecule has 0 spiro atoms. The fraction of sp³-hybridized carbons (Fsp3) is 0.333. The summed E-state index contributed by atoms with van der Waals surface area (Å²) in [6.07, 6.45) is 5.06. The lowest BCUT2D eigenvalue weighted by atomic mass is 10.4. The average Bonchev–Trinajstić information content (AvgIpc) is 2.63. The van der Waals surface area contributed by atoms with E-state index in [1.165, 1.54) is 6.33 Å². The van der Waals surface area contributed by atoms with Crippen LogP contribution in [0, 0.1) is 6.92 Å². The number of nitrogens with one attached hydrogen (secondary N) is 1. The smallest absolute Gasteiger partial charge is 0.222 e. The van der Waals surface area contributed by atoms with E-state index < -0.39 is 0 Å². The van der Waals surface area contributed by atoms with Crippen molar-refractivity contribution in [2.45, 2.75) is 13.5 Å². The topological polar surface area (TPSA) is 68.5 Å². The zero-order chi connectivity index (χ0) is 10.7. The summed E-state index contributed by atoms with van der Waals surface area (Å²) in [6.45, 7) is 2.52. The van der Waals surface area contributed by atoms with Gasteiger partial charge < -0.3 is 5.32 Å². The second-order valence-corrected chi connectivity index (χ2v) is 3.24. The first kappa shape index (κ1) is 9.57. The number of nitrogens with zero attached hydrogens (tertiary/aromatic N) is 5. The van der Waals surface area contributed by atoms with E-state index in [1.807, 2.05) is 14.0 Å². The molecule has 2 rings (SSSR count). The van der Waals surface area contributed by atoms with E-state index in [9.17, 15) is 0 Å². The number of aromatic nitrogens is 5. The van der Waals surface area contributed by atoms with E-state index >= 15 is 0 Å². The molecule has 0 saturated heterocycles. The van der Waals surface area contributed by atoms with Crippen LogP contribution in [0.2, 0.25) is 0 Å². The molecule has 6 nitrogen and oxygen atoms in total. The lowest BCUT2D eigenvalue weighted by molar-refractivity contribution is 0.710. The lowest BCUT2D eigenvalue weighted by Crippen LogP contribution is -2.08. The van der Waals surface area contributed by atoms with Crippen molar-refractivity contribution < 1.29 is 0 Å². The molecule has 0 amide bonds. The van der Waals surface area contributed by atoms with Gasteiger partial charge in [0.05, 0.1) is 6.54 Å². The van der Waals surface area contributed by atoms with Crippen molar-refractivity contribution in [3.63, 3.8) is 0 Å². The van der Waals surface area contributed by atoms with E-state index in [4.69, 9.17) is 0 Å². The predicted octanol–water partition coefficient (Wildman–Crippen LogP) is 0.526. The van der Waals surface area contributed by atoms with Crippen LogP contribution >= 0.6 is 0 Å². The van der Waals surface area contributed by atoms with E-state index in [0.717, 1.165) is 11.4 Å². The van der Waals surface area contributed by atoms with Crippen molar-refractivity contribution in [3.8, 4) is 0 Å². The lowest BCUT2D eigenvalue weighted by Gasteiger charge is -2.03. The number of rotatable bonds is 3. The van der Waals surface area contributed by atoms with Crippen LogP contribution in [0.1, 0.15) is 11.4 Å². The van der Waals surface area contributed by atoms with Gasteiger partial charge in [-0.3, -0.25) is 4.68 Å². The van der Waals surface area contributed by atoms with Crippen LogP contribution in [0.15, 0.2) is 18.7 Å². The summed E-state index contributed by atoms with van der Waals surface area (Å²) < 4.78 is 1.71. The molecule has 78 valence electrons. The van der Waals surface area contributed by atoms with Crippen molar-refractivity contribution in [2.75, 3.05) is 5.32 Å². The van der Waals surface area contributed by atoms with Gasteiger partial charge in [-0.25, -0.2) is 15.0 Å². The summed E-state index contributed by atoms with van der Waals surface area (Å²) >= 11 is 0. The molecule has 0 bridgehead atoms. The molecular weight excluding hydrogens is 192 g/mol. The third-order valence-corrected chi connectivity index (χ3v) is 1.99. The van der Waals surface area contributed by atoms with Crippen LogP contribution in [-0.2, 0) is 13.6 Å². The Morgan fingerprint density at radius 3 is 2.60 bits per heavy atom. The zero-order valence-corrected chi connectivity index (χ0v) is 8.68. The first-order valence-corrected chi connectivity index (χ1v) is 4.61. The van der Waals surface area contributed by atoms with Gasteiger partial charge in [-0.2, -0.15) is 5.10 Å². The van der Waals surface area contributed by atoms with Gasteiger partial charge in [-0.1, -0.05) is 0 Å². The van der Waals surface area contributed by atoms with Crippen LogP contribution in [0.5, 0.6) is 0 Å². The van der Waals surface area contributed by atoms with E-state index in [-0.39, 0.29) is 0 Å². The standard InChI is InChI=1S/C9H12N6/c1-7-3-10-9(11-4-7)12-5-8-13-6-14-15(8)2/h3-4,6H,5H2,1-2H3,(H,10,11,12). The minimum atomic E-state index is 0.569. The van der Waals surface area contributed by atoms with E-state index in [0.29, 0.717) is 12.5 Å². The van der Waals surface area contributed by atoms with Crippen molar-refractivity contribution in [1.82, 2.24) is 24.7 Å². The fourth-order valence-corrected chi connectivity index (χ4v) is 1.12. The minimum absolute atomic E-state index is 0.569. The quantitative estimate of drug-likeness (QED) is 0.789. The molecule has 15 heavy (non-hydrogen) atoms. The van der Waals surface area contributed by atoms with Gasteiger partial charge in [0.2, 0.25) is 5.95 Å². The maximum atomic E-state index is 4.13. The molecule has 0 saturated carbocycles. The maximum absolute atomic E-state index is 4.13. The summed E-state index contributed by atoms with van der Waals surface area (Å²) in [6, 6.07) is 0. The zero-order valence-electron chi connectivity index (χ0n) is 8.68. The van der Waals surface area contributed by atoms with Crippen LogP contribution in [0.3, 0.4) is 0 Å². The van der Waals surface area contributed by atoms with Gasteiger partial charge >= 0.3 is 0 Å². The number of anilines is 1. The maximum Gasteiger partial charge on any atom is 0.222 e. The van der Waals surface area contributed by atoms with Crippen LogP contribution in [-0.4, -0.2) is 24.7 Å². The average molecular weight is 204 g/mol.